The van der Waals surface area contributed by atoms with Crippen LogP contribution in [0.4, 0.5) is 0 Å². The average Bonchev–Trinajstić information content (AvgIpc) is 2.49. The van der Waals surface area contributed by atoms with Gasteiger partial charge in [-0.1, -0.05) is 19.1 Å². The van der Waals surface area contributed by atoms with E-state index in [1.54, 1.807) is 24.9 Å². The number of rotatable bonds is 6. The molecule has 20 heavy (non-hydrogen) atoms. The van der Waals surface area contributed by atoms with Crippen LogP contribution in [0, 0.1) is 0 Å². The van der Waals surface area contributed by atoms with E-state index in [1.165, 1.54) is 6.20 Å². The molecule has 0 aliphatic heterocycles. The quantitative estimate of drug-likeness (QED) is 0.826. The van der Waals surface area contributed by atoms with Gasteiger partial charge in [0, 0.05) is 6.07 Å². The molecule has 106 valence electrons. The minimum absolute atomic E-state index is 0.189. The molecule has 1 N–H and O–H groups in total. The molecule has 0 amide bonds. The predicted octanol–water partition coefficient (Wildman–Crippen LogP) is 3.49. The summed E-state index contributed by atoms with van der Waals surface area (Å²) < 4.78 is 10.7. The molecule has 0 aliphatic carbocycles. The van der Waals surface area contributed by atoms with Crippen LogP contribution in [0.2, 0.25) is 0 Å². The van der Waals surface area contributed by atoms with Gasteiger partial charge in [-0.2, -0.15) is 0 Å². The molecule has 4 nitrogen and oxygen atoms in total. The first-order chi connectivity index (χ1) is 9.72. The summed E-state index contributed by atoms with van der Waals surface area (Å²) in [6, 6.07) is 9.43. The van der Waals surface area contributed by atoms with Crippen LogP contribution in [0.1, 0.15) is 12.5 Å². The number of hydrogen-bond donors (Lipinski definition) is 1. The number of aromatic hydroxyl groups is 1. The molecule has 2 aromatic rings. The zero-order valence-corrected chi connectivity index (χ0v) is 12.3. The third-order valence-corrected chi connectivity index (χ3v) is 3.59. The third-order valence-electron chi connectivity index (χ3n) is 2.67. The monoisotopic (exact) mass is 291 g/mol. The second-order valence-corrected chi connectivity index (χ2v) is 5.37. The lowest BCUT2D eigenvalue weighted by molar-refractivity contribution is 0.291. The first-order valence-electron chi connectivity index (χ1n) is 6.30. The van der Waals surface area contributed by atoms with E-state index in [4.69, 9.17) is 9.47 Å². The molecule has 0 atom stereocenters. The highest BCUT2D eigenvalue weighted by Gasteiger charge is 2.05. The standard InChI is InChI=1S/C15H17NO3S/c1-3-20-14-8-15(16-9-13(14)17)19-10-11-4-6-12(18-2)7-5-11/h4-9,17H,3,10H2,1-2H3. The van der Waals surface area contributed by atoms with Gasteiger partial charge in [-0.3, -0.25) is 0 Å². The van der Waals surface area contributed by atoms with Gasteiger partial charge in [0.05, 0.1) is 18.2 Å². The lowest BCUT2D eigenvalue weighted by atomic mass is 10.2. The van der Waals surface area contributed by atoms with Crippen molar-refractivity contribution in [1.82, 2.24) is 4.98 Å². The Bertz CT molecular complexity index is 558. The largest absolute Gasteiger partial charge is 0.505 e. The molecule has 1 heterocycles. The number of aromatic nitrogens is 1. The maximum atomic E-state index is 9.66. The fraction of sp³-hybridized carbons (Fsp3) is 0.267. The molecule has 5 heteroatoms. The van der Waals surface area contributed by atoms with Gasteiger partial charge in [0.25, 0.3) is 0 Å². The number of thioether (sulfide) groups is 1. The number of pyridine rings is 1. The molecular formula is C15H17NO3S. The average molecular weight is 291 g/mol. The van der Waals surface area contributed by atoms with Crippen molar-refractivity contribution in [2.75, 3.05) is 12.9 Å². The smallest absolute Gasteiger partial charge is 0.214 e. The van der Waals surface area contributed by atoms with Crippen LogP contribution in [-0.2, 0) is 6.61 Å². The molecule has 1 aromatic heterocycles. The molecule has 0 saturated carbocycles. The van der Waals surface area contributed by atoms with Crippen molar-refractivity contribution in [2.24, 2.45) is 0 Å². The minimum Gasteiger partial charge on any atom is -0.505 e. The van der Waals surface area contributed by atoms with E-state index in [2.05, 4.69) is 4.98 Å². The van der Waals surface area contributed by atoms with Crippen molar-refractivity contribution in [2.45, 2.75) is 18.4 Å². The number of hydrogen-bond acceptors (Lipinski definition) is 5. The Morgan fingerprint density at radius 3 is 2.65 bits per heavy atom. The Balaban J connectivity index is 2.00. The van der Waals surface area contributed by atoms with E-state index in [9.17, 15) is 5.11 Å². The Labute approximate surface area is 122 Å². The lowest BCUT2D eigenvalue weighted by Gasteiger charge is -2.08. The van der Waals surface area contributed by atoms with E-state index in [0.717, 1.165) is 22.0 Å². The van der Waals surface area contributed by atoms with Gasteiger partial charge in [0.15, 0.2) is 0 Å². The maximum absolute atomic E-state index is 9.66. The summed E-state index contributed by atoms with van der Waals surface area (Å²) >= 11 is 1.56. The van der Waals surface area contributed by atoms with Crippen LogP contribution in [0.5, 0.6) is 17.4 Å². The molecule has 2 rings (SSSR count). The maximum Gasteiger partial charge on any atom is 0.214 e. The molecule has 0 unspecified atom stereocenters. The third kappa shape index (κ3) is 3.81. The van der Waals surface area contributed by atoms with Crippen LogP contribution < -0.4 is 9.47 Å². The molecule has 1 aromatic carbocycles. The van der Waals surface area contributed by atoms with Crippen LogP contribution in [0.3, 0.4) is 0 Å². The van der Waals surface area contributed by atoms with Gasteiger partial charge in [-0.15, -0.1) is 11.8 Å². The van der Waals surface area contributed by atoms with Crippen LogP contribution in [0.15, 0.2) is 41.4 Å². The highest BCUT2D eigenvalue weighted by molar-refractivity contribution is 7.99. The normalized spacial score (nSPS) is 10.3. The van der Waals surface area contributed by atoms with Crippen molar-refractivity contribution < 1.29 is 14.6 Å². The molecule has 0 bridgehead atoms. The van der Waals surface area contributed by atoms with E-state index in [-0.39, 0.29) is 5.75 Å². The van der Waals surface area contributed by atoms with Gasteiger partial charge < -0.3 is 14.6 Å². The predicted molar refractivity (Wildman–Crippen MR) is 79.6 cm³/mol. The summed E-state index contributed by atoms with van der Waals surface area (Å²) in [5, 5.41) is 9.66. The van der Waals surface area contributed by atoms with Crippen molar-refractivity contribution in [3.05, 3.63) is 42.1 Å². The van der Waals surface area contributed by atoms with E-state index < -0.39 is 0 Å². The van der Waals surface area contributed by atoms with Gasteiger partial charge in [0.1, 0.15) is 18.1 Å². The van der Waals surface area contributed by atoms with Gasteiger partial charge in [0.2, 0.25) is 5.88 Å². The number of benzene rings is 1. The fourth-order valence-electron chi connectivity index (χ4n) is 1.64. The van der Waals surface area contributed by atoms with Crippen LogP contribution >= 0.6 is 11.8 Å². The number of nitrogens with zero attached hydrogens (tertiary/aromatic N) is 1. The highest BCUT2D eigenvalue weighted by Crippen LogP contribution is 2.30. The van der Waals surface area contributed by atoms with Crippen molar-refractivity contribution >= 4 is 11.8 Å². The van der Waals surface area contributed by atoms with Crippen molar-refractivity contribution in [3.63, 3.8) is 0 Å². The second-order valence-electron chi connectivity index (χ2n) is 4.06. The Kier molecular flexibility index (Phi) is 5.12. The van der Waals surface area contributed by atoms with E-state index in [1.807, 2.05) is 31.2 Å². The zero-order chi connectivity index (χ0) is 14.4. The lowest BCUT2D eigenvalue weighted by Crippen LogP contribution is -1.97. The van der Waals surface area contributed by atoms with E-state index >= 15 is 0 Å². The van der Waals surface area contributed by atoms with Crippen LogP contribution in [0.25, 0.3) is 0 Å². The Morgan fingerprint density at radius 2 is 2.00 bits per heavy atom. The molecule has 0 fully saturated rings. The molecule has 0 aliphatic rings. The highest BCUT2D eigenvalue weighted by atomic mass is 32.2. The first-order valence-corrected chi connectivity index (χ1v) is 7.29. The Hall–Kier alpha value is -1.88. The summed E-state index contributed by atoms with van der Waals surface area (Å²) in [6.07, 6.45) is 1.42. The van der Waals surface area contributed by atoms with Crippen molar-refractivity contribution in [3.8, 4) is 17.4 Å². The van der Waals surface area contributed by atoms with Gasteiger partial charge >= 0.3 is 0 Å². The summed E-state index contributed by atoms with van der Waals surface area (Å²) in [4.78, 5) is 4.84. The molecule has 0 radical (unpaired) electrons. The van der Waals surface area contributed by atoms with E-state index in [0.29, 0.717) is 12.5 Å². The summed E-state index contributed by atoms with van der Waals surface area (Å²) in [5.74, 6) is 2.40. The number of methoxy groups -OCH3 is 1. The topological polar surface area (TPSA) is 51.6 Å². The van der Waals surface area contributed by atoms with Gasteiger partial charge in [-0.25, -0.2) is 4.98 Å². The minimum atomic E-state index is 0.189. The zero-order valence-electron chi connectivity index (χ0n) is 11.5. The van der Waals surface area contributed by atoms with Crippen LogP contribution in [-0.4, -0.2) is 23.0 Å². The Morgan fingerprint density at radius 1 is 1.25 bits per heavy atom. The number of ether oxygens (including phenoxy) is 2. The molecule has 0 saturated heterocycles. The second kappa shape index (κ2) is 7.05. The fourth-order valence-corrected chi connectivity index (χ4v) is 2.34. The van der Waals surface area contributed by atoms with Crippen molar-refractivity contribution in [1.29, 1.82) is 0 Å². The SMILES string of the molecule is CCSc1cc(OCc2ccc(OC)cc2)ncc1O. The molecule has 0 spiro atoms. The summed E-state index contributed by atoms with van der Waals surface area (Å²) in [7, 11) is 1.64. The summed E-state index contributed by atoms with van der Waals surface area (Å²) in [5.41, 5.74) is 1.03. The first kappa shape index (κ1) is 14.5. The molecular weight excluding hydrogens is 274 g/mol. The summed E-state index contributed by atoms with van der Waals surface area (Å²) in [6.45, 7) is 2.46. The van der Waals surface area contributed by atoms with Gasteiger partial charge in [-0.05, 0) is 23.4 Å².